The van der Waals surface area contributed by atoms with E-state index in [9.17, 15) is 0 Å². The van der Waals surface area contributed by atoms with Gasteiger partial charge in [0.05, 0.1) is 11.7 Å². The Bertz CT molecular complexity index is 704. The van der Waals surface area contributed by atoms with Crippen LogP contribution < -0.4 is 5.32 Å². The Labute approximate surface area is 127 Å². The van der Waals surface area contributed by atoms with E-state index in [1.165, 1.54) is 17.1 Å². The Morgan fingerprint density at radius 2 is 2.14 bits per heavy atom. The van der Waals surface area contributed by atoms with Gasteiger partial charge in [0.15, 0.2) is 0 Å². The van der Waals surface area contributed by atoms with Crippen molar-refractivity contribution in [1.29, 1.82) is 0 Å². The van der Waals surface area contributed by atoms with Gasteiger partial charge in [-0.05, 0) is 24.6 Å². The fraction of sp³-hybridized carbons (Fsp3) is 0.267. The van der Waals surface area contributed by atoms with E-state index in [1.807, 2.05) is 29.1 Å². The summed E-state index contributed by atoms with van der Waals surface area (Å²) in [6, 6.07) is 10.3. The van der Waals surface area contributed by atoms with Gasteiger partial charge in [0.2, 0.25) is 5.13 Å². The third kappa shape index (κ3) is 2.95. The van der Waals surface area contributed by atoms with Crippen molar-refractivity contribution < 1.29 is 0 Å². The zero-order chi connectivity index (χ0) is 14.7. The molecule has 3 aromatic rings. The molecular weight excluding hydrogens is 282 g/mol. The first-order chi connectivity index (χ1) is 10.3. The largest absolute Gasteiger partial charge is 0.354 e. The molecule has 2 heterocycles. The molecule has 0 aliphatic heterocycles. The summed E-state index contributed by atoms with van der Waals surface area (Å²) in [6.07, 6.45) is 4.59. The lowest BCUT2D eigenvalue weighted by Gasteiger charge is -2.17. The molecule has 0 aliphatic carbocycles. The molecule has 108 valence electrons. The van der Waals surface area contributed by atoms with E-state index < -0.39 is 0 Å². The van der Waals surface area contributed by atoms with Crippen LogP contribution in [0.1, 0.15) is 31.3 Å². The Kier molecular flexibility index (Phi) is 3.96. The van der Waals surface area contributed by atoms with E-state index in [0.29, 0.717) is 0 Å². The lowest BCUT2D eigenvalue weighted by molar-refractivity contribution is 0.816. The van der Waals surface area contributed by atoms with Crippen LogP contribution in [0, 0.1) is 0 Å². The number of hydrogen-bond acceptors (Lipinski definition) is 5. The number of benzene rings is 1. The van der Waals surface area contributed by atoms with Crippen LogP contribution in [-0.4, -0.2) is 19.1 Å². The quantitative estimate of drug-likeness (QED) is 0.784. The summed E-state index contributed by atoms with van der Waals surface area (Å²) in [7, 11) is 0. The minimum atomic E-state index is 0.128. The van der Waals surface area contributed by atoms with Gasteiger partial charge in [0.25, 0.3) is 0 Å². The summed E-state index contributed by atoms with van der Waals surface area (Å²) >= 11 is 1.41. The van der Waals surface area contributed by atoms with Gasteiger partial charge < -0.3 is 5.32 Å². The molecule has 0 amide bonds. The number of nitrogens with zero attached hydrogens (tertiary/aromatic N) is 4. The molecule has 3 rings (SSSR count). The summed E-state index contributed by atoms with van der Waals surface area (Å²) in [5, 5.41) is 8.59. The molecule has 1 aromatic carbocycles. The molecule has 2 aromatic heterocycles. The second kappa shape index (κ2) is 6.05. The topological polar surface area (TPSA) is 55.6 Å². The Hall–Kier alpha value is -2.21. The second-order valence-corrected chi connectivity index (χ2v) is 5.50. The van der Waals surface area contributed by atoms with Crippen molar-refractivity contribution in [3.8, 4) is 5.69 Å². The summed E-state index contributed by atoms with van der Waals surface area (Å²) < 4.78 is 6.18. The van der Waals surface area contributed by atoms with Crippen LogP contribution in [0.15, 0.2) is 42.7 Å². The highest BCUT2D eigenvalue weighted by Crippen LogP contribution is 2.25. The Morgan fingerprint density at radius 1 is 1.29 bits per heavy atom. The van der Waals surface area contributed by atoms with Gasteiger partial charge in [0, 0.05) is 30.3 Å². The molecule has 6 heteroatoms. The molecule has 1 atom stereocenters. The summed E-state index contributed by atoms with van der Waals surface area (Å²) in [6.45, 7) is 4.18. The normalized spacial score (nSPS) is 12.3. The van der Waals surface area contributed by atoms with E-state index in [0.717, 1.165) is 23.1 Å². The monoisotopic (exact) mass is 299 g/mol. The molecule has 0 aliphatic rings. The lowest BCUT2D eigenvalue weighted by atomic mass is 10.1. The fourth-order valence-corrected chi connectivity index (χ4v) is 2.93. The van der Waals surface area contributed by atoms with Gasteiger partial charge in [0.1, 0.15) is 5.82 Å². The van der Waals surface area contributed by atoms with Crippen molar-refractivity contribution in [1.82, 2.24) is 19.1 Å². The molecule has 0 saturated carbocycles. The average Bonchev–Trinajstić information content (AvgIpc) is 3.18. The first-order valence-corrected chi connectivity index (χ1v) is 7.73. The SMILES string of the molecule is CCc1nsc(NC(C)c2ccccc2-n2cccn2)n1. The van der Waals surface area contributed by atoms with Gasteiger partial charge in [-0.3, -0.25) is 0 Å². The van der Waals surface area contributed by atoms with Crippen LogP contribution in [0.2, 0.25) is 0 Å². The molecule has 5 nitrogen and oxygen atoms in total. The number of hydrogen-bond donors (Lipinski definition) is 1. The highest BCUT2D eigenvalue weighted by atomic mass is 32.1. The molecular formula is C15H17N5S. The zero-order valence-electron chi connectivity index (χ0n) is 12.0. The highest BCUT2D eigenvalue weighted by Gasteiger charge is 2.13. The third-order valence-corrected chi connectivity index (χ3v) is 3.96. The first-order valence-electron chi connectivity index (χ1n) is 6.96. The van der Waals surface area contributed by atoms with Crippen molar-refractivity contribution in [2.45, 2.75) is 26.3 Å². The minimum absolute atomic E-state index is 0.128. The van der Waals surface area contributed by atoms with Crippen molar-refractivity contribution >= 4 is 16.7 Å². The molecule has 0 saturated heterocycles. The molecule has 0 radical (unpaired) electrons. The number of rotatable bonds is 5. The number of nitrogens with one attached hydrogen (secondary N) is 1. The van der Waals surface area contributed by atoms with E-state index >= 15 is 0 Å². The van der Waals surface area contributed by atoms with Crippen LogP contribution >= 0.6 is 11.5 Å². The van der Waals surface area contributed by atoms with E-state index in [-0.39, 0.29) is 6.04 Å². The maximum atomic E-state index is 4.46. The predicted molar refractivity (Wildman–Crippen MR) is 84.9 cm³/mol. The number of aryl methyl sites for hydroxylation is 1. The third-order valence-electron chi connectivity index (χ3n) is 3.28. The highest BCUT2D eigenvalue weighted by molar-refractivity contribution is 7.09. The van der Waals surface area contributed by atoms with Crippen LogP contribution in [0.25, 0.3) is 5.69 Å². The van der Waals surface area contributed by atoms with Gasteiger partial charge in [-0.25, -0.2) is 9.67 Å². The van der Waals surface area contributed by atoms with Crippen LogP contribution in [0.5, 0.6) is 0 Å². The Balaban J connectivity index is 1.86. The maximum Gasteiger partial charge on any atom is 0.203 e. The zero-order valence-corrected chi connectivity index (χ0v) is 12.8. The molecule has 0 spiro atoms. The summed E-state index contributed by atoms with van der Waals surface area (Å²) in [4.78, 5) is 4.46. The molecule has 21 heavy (non-hydrogen) atoms. The molecule has 0 fully saturated rings. The molecule has 1 unspecified atom stereocenters. The van der Waals surface area contributed by atoms with E-state index in [2.05, 4.69) is 45.8 Å². The number of para-hydroxylation sites is 1. The molecule has 1 N–H and O–H groups in total. The van der Waals surface area contributed by atoms with Crippen LogP contribution in [-0.2, 0) is 6.42 Å². The number of aromatic nitrogens is 4. The van der Waals surface area contributed by atoms with Crippen molar-refractivity contribution in [3.63, 3.8) is 0 Å². The minimum Gasteiger partial charge on any atom is -0.354 e. The standard InChI is InChI=1S/C15H17N5S/c1-3-14-18-15(21-19-14)17-11(2)12-7-4-5-8-13(12)20-10-6-9-16-20/h4-11H,3H2,1-2H3,(H,17,18,19). The van der Waals surface area contributed by atoms with Gasteiger partial charge >= 0.3 is 0 Å². The van der Waals surface area contributed by atoms with Gasteiger partial charge in [-0.1, -0.05) is 25.1 Å². The van der Waals surface area contributed by atoms with Crippen molar-refractivity contribution in [2.24, 2.45) is 0 Å². The average molecular weight is 299 g/mol. The second-order valence-electron chi connectivity index (χ2n) is 4.74. The fourth-order valence-electron chi connectivity index (χ4n) is 2.19. The van der Waals surface area contributed by atoms with Crippen LogP contribution in [0.3, 0.4) is 0 Å². The van der Waals surface area contributed by atoms with Gasteiger partial charge in [-0.15, -0.1) is 0 Å². The van der Waals surface area contributed by atoms with Crippen molar-refractivity contribution in [2.75, 3.05) is 5.32 Å². The summed E-state index contributed by atoms with van der Waals surface area (Å²) in [5.74, 6) is 0.884. The predicted octanol–water partition coefficient (Wildman–Crippen LogP) is 3.46. The lowest BCUT2D eigenvalue weighted by Crippen LogP contribution is -2.10. The van der Waals surface area contributed by atoms with E-state index in [1.54, 1.807) is 6.20 Å². The summed E-state index contributed by atoms with van der Waals surface area (Å²) in [5.41, 5.74) is 2.25. The smallest absolute Gasteiger partial charge is 0.203 e. The van der Waals surface area contributed by atoms with E-state index in [4.69, 9.17) is 0 Å². The molecule has 0 bridgehead atoms. The van der Waals surface area contributed by atoms with Gasteiger partial charge in [-0.2, -0.15) is 9.47 Å². The maximum absolute atomic E-state index is 4.46. The van der Waals surface area contributed by atoms with Crippen molar-refractivity contribution in [3.05, 3.63) is 54.1 Å². The Morgan fingerprint density at radius 3 is 2.86 bits per heavy atom. The first kappa shape index (κ1) is 13.8. The van der Waals surface area contributed by atoms with Crippen LogP contribution in [0.4, 0.5) is 5.13 Å². The number of anilines is 1.